The highest BCUT2D eigenvalue weighted by atomic mass is 16.6. The summed E-state index contributed by atoms with van der Waals surface area (Å²) < 4.78 is 4.99. The monoisotopic (exact) mass is 185 g/mol. The smallest absolute Gasteiger partial charge is 0.310 e. The van der Waals surface area contributed by atoms with Crippen LogP contribution in [0.25, 0.3) is 0 Å². The van der Waals surface area contributed by atoms with E-state index in [-0.39, 0.29) is 0 Å². The molecule has 1 fully saturated rings. The van der Waals surface area contributed by atoms with Crippen molar-refractivity contribution < 1.29 is 14.6 Å². The van der Waals surface area contributed by atoms with E-state index in [4.69, 9.17) is 9.84 Å². The van der Waals surface area contributed by atoms with Crippen LogP contribution in [0.15, 0.2) is 12.7 Å². The van der Waals surface area contributed by atoms with E-state index in [0.29, 0.717) is 19.1 Å². The van der Waals surface area contributed by atoms with E-state index in [1.54, 1.807) is 0 Å². The average Bonchev–Trinajstić information content (AvgIpc) is 2.87. The van der Waals surface area contributed by atoms with Crippen molar-refractivity contribution in [1.29, 1.82) is 0 Å². The topological polar surface area (TPSA) is 61.9 Å². The van der Waals surface area contributed by atoms with Gasteiger partial charge < -0.3 is 15.2 Å². The molecule has 4 heteroatoms. The van der Waals surface area contributed by atoms with Crippen LogP contribution in [0.4, 0.5) is 0 Å². The highest BCUT2D eigenvalue weighted by Crippen LogP contribution is 2.07. The number of nitrogens with one attached hydrogen (secondary N) is 1. The normalized spacial score (nSPS) is 22.3. The first-order valence-corrected chi connectivity index (χ1v) is 4.41. The molecule has 2 atom stereocenters. The first-order valence-electron chi connectivity index (χ1n) is 4.41. The molecule has 2 unspecified atom stereocenters. The summed E-state index contributed by atoms with van der Waals surface area (Å²) in [5.74, 6) is -1.24. The number of hydrogen-bond donors (Lipinski definition) is 2. The first kappa shape index (κ1) is 10.2. The van der Waals surface area contributed by atoms with Gasteiger partial charge in [0.1, 0.15) is 0 Å². The summed E-state index contributed by atoms with van der Waals surface area (Å²) in [6, 6.07) is 0. The molecule has 0 aromatic rings. The molecule has 0 bridgehead atoms. The lowest BCUT2D eigenvalue weighted by Gasteiger charge is -2.06. The quantitative estimate of drug-likeness (QED) is 0.339. The lowest BCUT2D eigenvalue weighted by Crippen LogP contribution is -2.24. The van der Waals surface area contributed by atoms with Crippen LogP contribution >= 0.6 is 0 Å². The van der Waals surface area contributed by atoms with E-state index in [2.05, 4.69) is 11.9 Å². The van der Waals surface area contributed by atoms with Crippen LogP contribution < -0.4 is 5.32 Å². The SMILES string of the molecule is C=CC(CCNCC1CO1)C(=O)O. The third-order valence-electron chi connectivity index (χ3n) is 2.01. The maximum atomic E-state index is 10.5. The van der Waals surface area contributed by atoms with Crippen LogP contribution in [-0.2, 0) is 9.53 Å². The second-order valence-corrected chi connectivity index (χ2v) is 3.13. The second kappa shape index (κ2) is 4.99. The summed E-state index contributed by atoms with van der Waals surface area (Å²) in [7, 11) is 0. The first-order chi connectivity index (χ1) is 6.24. The Labute approximate surface area is 77.6 Å². The Kier molecular flexibility index (Phi) is 3.92. The van der Waals surface area contributed by atoms with Gasteiger partial charge in [-0.25, -0.2) is 0 Å². The van der Waals surface area contributed by atoms with Gasteiger partial charge in [0.15, 0.2) is 0 Å². The fourth-order valence-corrected chi connectivity index (χ4v) is 1.05. The molecule has 1 aliphatic heterocycles. The lowest BCUT2D eigenvalue weighted by atomic mass is 10.1. The fraction of sp³-hybridized carbons (Fsp3) is 0.667. The molecular weight excluding hydrogens is 170 g/mol. The van der Waals surface area contributed by atoms with Gasteiger partial charge in [0.05, 0.1) is 18.6 Å². The van der Waals surface area contributed by atoms with Crippen molar-refractivity contribution in [3.63, 3.8) is 0 Å². The highest BCUT2D eigenvalue weighted by molar-refractivity contribution is 5.71. The summed E-state index contributed by atoms with van der Waals surface area (Å²) in [5.41, 5.74) is 0. The Balaban J connectivity index is 2.01. The minimum absolute atomic E-state index is 0.354. The number of carboxylic acid groups (broad SMARTS) is 1. The number of carbonyl (C=O) groups is 1. The molecule has 1 heterocycles. The fourth-order valence-electron chi connectivity index (χ4n) is 1.05. The molecule has 1 rings (SSSR count). The molecule has 4 nitrogen and oxygen atoms in total. The van der Waals surface area contributed by atoms with E-state index < -0.39 is 11.9 Å². The third-order valence-corrected chi connectivity index (χ3v) is 2.01. The van der Waals surface area contributed by atoms with Gasteiger partial charge in [0.25, 0.3) is 0 Å². The molecule has 0 amide bonds. The van der Waals surface area contributed by atoms with Gasteiger partial charge in [-0.05, 0) is 13.0 Å². The minimum Gasteiger partial charge on any atom is -0.481 e. The zero-order valence-electron chi connectivity index (χ0n) is 7.53. The molecule has 13 heavy (non-hydrogen) atoms. The maximum absolute atomic E-state index is 10.5. The predicted octanol–water partition coefficient (Wildman–Crippen LogP) is 0.252. The van der Waals surface area contributed by atoms with Crippen LogP contribution in [0.5, 0.6) is 0 Å². The maximum Gasteiger partial charge on any atom is 0.310 e. The Morgan fingerprint density at radius 1 is 1.85 bits per heavy atom. The summed E-state index contributed by atoms with van der Waals surface area (Å²) in [5, 5.41) is 11.8. The zero-order chi connectivity index (χ0) is 9.68. The van der Waals surface area contributed by atoms with Gasteiger partial charge >= 0.3 is 5.97 Å². The van der Waals surface area contributed by atoms with Crippen LogP contribution in [0, 0.1) is 5.92 Å². The second-order valence-electron chi connectivity index (χ2n) is 3.13. The molecule has 74 valence electrons. The van der Waals surface area contributed by atoms with Crippen molar-refractivity contribution in [3.8, 4) is 0 Å². The average molecular weight is 185 g/mol. The van der Waals surface area contributed by atoms with E-state index in [1.807, 2.05) is 0 Å². The van der Waals surface area contributed by atoms with Crippen molar-refractivity contribution in [2.24, 2.45) is 5.92 Å². The molecule has 0 radical (unpaired) electrons. The molecular formula is C9H15NO3. The molecule has 0 aromatic carbocycles. The summed E-state index contributed by atoms with van der Waals surface area (Å²) in [6.45, 7) is 5.83. The molecule has 0 spiro atoms. The molecule has 2 N–H and O–H groups in total. The van der Waals surface area contributed by atoms with Gasteiger partial charge in [0, 0.05) is 6.54 Å². The number of hydrogen-bond acceptors (Lipinski definition) is 3. The summed E-state index contributed by atoms with van der Waals surface area (Å²) in [6.07, 6.45) is 2.41. The van der Waals surface area contributed by atoms with Gasteiger partial charge in [-0.15, -0.1) is 6.58 Å². The molecule has 1 aliphatic rings. The molecule has 0 saturated carbocycles. The number of epoxide rings is 1. The summed E-state index contributed by atoms with van der Waals surface area (Å²) >= 11 is 0. The molecule has 0 aromatic heterocycles. The zero-order valence-corrected chi connectivity index (χ0v) is 7.53. The van der Waals surface area contributed by atoms with Crippen LogP contribution in [0.1, 0.15) is 6.42 Å². The predicted molar refractivity (Wildman–Crippen MR) is 48.5 cm³/mol. The Bertz CT molecular complexity index is 189. The van der Waals surface area contributed by atoms with Crippen molar-refractivity contribution in [2.45, 2.75) is 12.5 Å². The van der Waals surface area contributed by atoms with Gasteiger partial charge in [0.2, 0.25) is 0 Å². The molecule has 1 saturated heterocycles. The Morgan fingerprint density at radius 2 is 2.54 bits per heavy atom. The third kappa shape index (κ3) is 4.05. The largest absolute Gasteiger partial charge is 0.481 e. The van der Waals surface area contributed by atoms with E-state index in [0.717, 1.165) is 13.2 Å². The van der Waals surface area contributed by atoms with E-state index in [9.17, 15) is 4.79 Å². The van der Waals surface area contributed by atoms with Gasteiger partial charge in [-0.3, -0.25) is 4.79 Å². The highest BCUT2D eigenvalue weighted by Gasteiger charge is 2.21. The Hall–Kier alpha value is -0.870. The van der Waals surface area contributed by atoms with E-state index >= 15 is 0 Å². The summed E-state index contributed by atoms with van der Waals surface area (Å²) in [4.78, 5) is 10.5. The number of carboxylic acids is 1. The van der Waals surface area contributed by atoms with Crippen LogP contribution in [0.2, 0.25) is 0 Å². The van der Waals surface area contributed by atoms with Crippen molar-refractivity contribution in [3.05, 3.63) is 12.7 Å². The minimum atomic E-state index is -0.806. The van der Waals surface area contributed by atoms with E-state index in [1.165, 1.54) is 6.08 Å². The van der Waals surface area contributed by atoms with Crippen molar-refractivity contribution in [2.75, 3.05) is 19.7 Å². The van der Waals surface area contributed by atoms with Crippen molar-refractivity contribution in [1.82, 2.24) is 5.32 Å². The Morgan fingerprint density at radius 3 is 3.00 bits per heavy atom. The van der Waals surface area contributed by atoms with Gasteiger partial charge in [-0.1, -0.05) is 6.08 Å². The molecule has 0 aliphatic carbocycles. The van der Waals surface area contributed by atoms with Crippen molar-refractivity contribution >= 4 is 5.97 Å². The van der Waals surface area contributed by atoms with Crippen LogP contribution in [-0.4, -0.2) is 36.9 Å². The van der Waals surface area contributed by atoms with Gasteiger partial charge in [-0.2, -0.15) is 0 Å². The number of ether oxygens (including phenoxy) is 1. The number of aliphatic carboxylic acids is 1. The standard InChI is InChI=1S/C9H15NO3/c1-2-7(9(11)12)3-4-10-5-8-6-13-8/h2,7-8,10H,1,3-6H2,(H,11,12). The van der Waals surface area contributed by atoms with Crippen LogP contribution in [0.3, 0.4) is 0 Å². The lowest BCUT2D eigenvalue weighted by molar-refractivity contribution is -0.140. The number of rotatable bonds is 7.